The lowest BCUT2D eigenvalue weighted by Gasteiger charge is -2.45. The second-order valence-corrected chi connectivity index (χ2v) is 15.1. The van der Waals surface area contributed by atoms with Gasteiger partial charge in [0.25, 0.3) is 0 Å². The first-order chi connectivity index (χ1) is 25.1. The molecule has 1 atom stereocenters. The van der Waals surface area contributed by atoms with Gasteiger partial charge in [-0.05, 0) is 121 Å². The van der Waals surface area contributed by atoms with Gasteiger partial charge in [0.05, 0.1) is 41.1 Å². The lowest BCUT2D eigenvalue weighted by Crippen LogP contribution is -2.50. The van der Waals surface area contributed by atoms with Crippen LogP contribution in [0.1, 0.15) is 87.2 Å². The van der Waals surface area contributed by atoms with Gasteiger partial charge in [-0.2, -0.15) is 0 Å². The normalized spacial score (nSPS) is 18.9. The van der Waals surface area contributed by atoms with Crippen molar-refractivity contribution in [2.24, 2.45) is 5.92 Å². The number of rotatable bonds is 16. The average molecular weight is 750 g/mol. The first kappa shape index (κ1) is 39.8. The second kappa shape index (κ2) is 19.1. The lowest BCUT2D eigenvalue weighted by molar-refractivity contribution is -0.132. The Hall–Kier alpha value is -3.43. The Morgan fingerprint density at radius 2 is 1.85 bits per heavy atom. The van der Waals surface area contributed by atoms with Gasteiger partial charge < -0.3 is 23.8 Å². The smallest absolute Gasteiger partial charge is 0.227 e. The molecule has 0 aliphatic carbocycles. The molecule has 1 amide bonds. The quantitative estimate of drug-likeness (QED) is 0.0829. The number of piperidine rings is 2. The molecule has 8 nitrogen and oxygen atoms in total. The number of benzene rings is 2. The highest BCUT2D eigenvalue weighted by molar-refractivity contribution is 6.42. The minimum absolute atomic E-state index is 0.0652. The van der Waals surface area contributed by atoms with E-state index in [1.54, 1.807) is 6.20 Å². The molecule has 2 aromatic carbocycles. The van der Waals surface area contributed by atoms with Gasteiger partial charge in [-0.15, -0.1) is 0 Å². The predicted octanol–water partition coefficient (Wildman–Crippen LogP) is 8.69. The van der Waals surface area contributed by atoms with Crippen molar-refractivity contribution >= 4 is 41.0 Å². The van der Waals surface area contributed by atoms with Gasteiger partial charge in [0.1, 0.15) is 5.75 Å². The summed E-state index contributed by atoms with van der Waals surface area (Å²) in [5, 5.41) is 1.06. The molecule has 3 heterocycles. The van der Waals surface area contributed by atoms with Gasteiger partial charge in [-0.3, -0.25) is 9.59 Å². The van der Waals surface area contributed by atoms with Crippen LogP contribution >= 0.6 is 23.2 Å². The fourth-order valence-electron chi connectivity index (χ4n) is 7.53. The second-order valence-electron chi connectivity index (χ2n) is 14.3. The molecule has 1 aromatic heterocycles. The molecule has 0 radical (unpaired) electrons. The van der Waals surface area contributed by atoms with Crippen LogP contribution in [0.15, 0.2) is 66.9 Å². The van der Waals surface area contributed by atoms with Crippen molar-refractivity contribution in [3.8, 4) is 5.75 Å². The summed E-state index contributed by atoms with van der Waals surface area (Å²) < 4.78 is 13.5. The Morgan fingerprint density at radius 1 is 1.04 bits per heavy atom. The molecule has 280 valence electrons. The van der Waals surface area contributed by atoms with Crippen LogP contribution < -0.4 is 4.74 Å². The van der Waals surface area contributed by atoms with E-state index < -0.39 is 0 Å². The number of Topliss-reactive ketones (excluding diaryl/α,β-unsaturated/α-hetero) is 1. The molecule has 2 saturated heterocycles. The van der Waals surface area contributed by atoms with Crippen molar-refractivity contribution in [2.45, 2.75) is 84.3 Å². The van der Waals surface area contributed by atoms with E-state index in [0.29, 0.717) is 48.6 Å². The van der Waals surface area contributed by atoms with Crippen LogP contribution in [-0.2, 0) is 27.9 Å². The number of aromatic nitrogens is 2. The van der Waals surface area contributed by atoms with Crippen molar-refractivity contribution in [3.63, 3.8) is 0 Å². The topological polar surface area (TPSA) is 76.9 Å². The first-order valence-corrected chi connectivity index (χ1v) is 19.6. The molecule has 2 aliphatic heterocycles. The highest BCUT2D eigenvalue weighted by atomic mass is 35.5. The molecule has 52 heavy (non-hydrogen) atoms. The zero-order valence-electron chi connectivity index (χ0n) is 31.2. The summed E-state index contributed by atoms with van der Waals surface area (Å²) in [6.07, 6.45) is 14.4. The minimum atomic E-state index is -0.264. The van der Waals surface area contributed by atoms with E-state index in [4.69, 9.17) is 32.7 Å². The van der Waals surface area contributed by atoms with Gasteiger partial charge in [0, 0.05) is 37.6 Å². The molecule has 0 bridgehead atoms. The Labute approximate surface area is 319 Å². The van der Waals surface area contributed by atoms with E-state index in [9.17, 15) is 9.59 Å². The number of nitrogens with zero attached hydrogens (tertiary/aromatic N) is 4. The average Bonchev–Trinajstić information content (AvgIpc) is 3.54. The maximum absolute atomic E-state index is 13.9. The number of hydrogen-bond acceptors (Lipinski definition) is 6. The molecule has 2 aliphatic rings. The first-order valence-electron chi connectivity index (χ1n) is 18.8. The summed E-state index contributed by atoms with van der Waals surface area (Å²) in [6, 6.07) is 13.8. The van der Waals surface area contributed by atoms with Crippen LogP contribution in [0.2, 0.25) is 10.0 Å². The molecule has 1 unspecified atom stereocenters. The van der Waals surface area contributed by atoms with Crippen molar-refractivity contribution in [1.29, 1.82) is 0 Å². The van der Waals surface area contributed by atoms with Crippen molar-refractivity contribution in [3.05, 3.63) is 99.6 Å². The maximum atomic E-state index is 13.9. The number of carbonyl (C=O) groups is 2. The van der Waals surface area contributed by atoms with E-state index in [0.717, 1.165) is 80.9 Å². The third-order valence-electron chi connectivity index (χ3n) is 10.3. The fraction of sp³-hybridized carbons (Fsp3) is 0.500. The van der Waals surface area contributed by atoms with E-state index in [1.807, 2.05) is 97.9 Å². The summed E-state index contributed by atoms with van der Waals surface area (Å²) in [7, 11) is 0. The van der Waals surface area contributed by atoms with Crippen LogP contribution in [0.4, 0.5) is 0 Å². The number of allylic oxidation sites excluding steroid dienone is 3. The van der Waals surface area contributed by atoms with Crippen LogP contribution in [0.3, 0.4) is 0 Å². The Kier molecular flexibility index (Phi) is 14.6. The van der Waals surface area contributed by atoms with Gasteiger partial charge in [0.15, 0.2) is 5.82 Å². The van der Waals surface area contributed by atoms with Gasteiger partial charge in [-0.1, -0.05) is 59.6 Å². The number of halogens is 2. The summed E-state index contributed by atoms with van der Waals surface area (Å²) in [4.78, 5) is 36.7. The molecule has 3 aromatic rings. The van der Waals surface area contributed by atoms with Gasteiger partial charge in [-0.25, -0.2) is 4.98 Å². The predicted molar refractivity (Wildman–Crippen MR) is 211 cm³/mol. The number of ether oxygens (including phenoxy) is 2. The Bertz CT molecular complexity index is 1710. The standard InChI is InChI=1S/C42H54Cl2N4O4/c1-5-7-8-12-35-29-45-41(48(35)24-25-51-6-2)40(50)33-16-21-46(22-17-33)23-19-42(34-14-15-37(43)38(44)28-34)18-10-20-47(30-42)39(49)27-32-11-9-13-36(26-32)52-31(3)4/h5,7-9,11-15,26,28-29,31,33H,6,10,16-25,27,30H2,1-4H3/b7-5-,12-8-. The van der Waals surface area contributed by atoms with Crippen LogP contribution in [0.5, 0.6) is 5.75 Å². The monoisotopic (exact) mass is 748 g/mol. The third kappa shape index (κ3) is 10.4. The molecule has 0 saturated carbocycles. The maximum Gasteiger partial charge on any atom is 0.227 e. The molecular weight excluding hydrogens is 695 g/mol. The van der Waals surface area contributed by atoms with Crippen molar-refractivity contribution < 1.29 is 19.1 Å². The Balaban J connectivity index is 1.26. The number of ketones is 1. The SMILES string of the molecule is C/C=C\C=C/c1cnc(C(=O)C2CCN(CCC3(c4ccc(Cl)c(Cl)c4)CCCN(C(=O)Cc4cccc(OC(C)C)c4)C3)CC2)n1CCOCC. The highest BCUT2D eigenvalue weighted by Crippen LogP contribution is 2.40. The number of likely N-dealkylation sites (tertiary alicyclic amines) is 2. The van der Waals surface area contributed by atoms with E-state index >= 15 is 0 Å². The third-order valence-corrected chi connectivity index (χ3v) is 11.0. The number of carbonyl (C=O) groups excluding carboxylic acids is 2. The summed E-state index contributed by atoms with van der Waals surface area (Å²) in [5.41, 5.74) is 2.71. The van der Waals surface area contributed by atoms with Crippen molar-refractivity contribution in [1.82, 2.24) is 19.4 Å². The molecule has 2 fully saturated rings. The fourth-order valence-corrected chi connectivity index (χ4v) is 7.83. The number of imidazole rings is 1. The summed E-state index contributed by atoms with van der Waals surface area (Å²) in [5.74, 6) is 1.45. The molecule has 10 heteroatoms. The summed E-state index contributed by atoms with van der Waals surface area (Å²) in [6.45, 7) is 13.6. The van der Waals surface area contributed by atoms with E-state index in [2.05, 4.69) is 16.0 Å². The molecule has 0 N–H and O–H groups in total. The largest absolute Gasteiger partial charge is 0.491 e. The Morgan fingerprint density at radius 3 is 2.58 bits per heavy atom. The van der Waals surface area contributed by atoms with Crippen LogP contribution in [0, 0.1) is 5.92 Å². The number of hydrogen-bond donors (Lipinski definition) is 0. The minimum Gasteiger partial charge on any atom is -0.491 e. The van der Waals surface area contributed by atoms with Gasteiger partial charge >= 0.3 is 0 Å². The molecule has 0 spiro atoms. The van der Waals surface area contributed by atoms with Crippen LogP contribution in [-0.4, -0.2) is 83.1 Å². The molecular formula is C42H54Cl2N4O4. The van der Waals surface area contributed by atoms with Crippen LogP contribution in [0.25, 0.3) is 6.08 Å². The van der Waals surface area contributed by atoms with Gasteiger partial charge in [0.2, 0.25) is 11.7 Å². The highest BCUT2D eigenvalue weighted by Gasteiger charge is 2.40. The summed E-state index contributed by atoms with van der Waals surface area (Å²) >= 11 is 13.0. The zero-order valence-corrected chi connectivity index (χ0v) is 32.7. The van der Waals surface area contributed by atoms with E-state index in [-0.39, 0.29) is 29.1 Å². The zero-order chi connectivity index (χ0) is 37.1. The molecule has 5 rings (SSSR count). The number of amides is 1. The van der Waals surface area contributed by atoms with Crippen molar-refractivity contribution in [2.75, 3.05) is 45.9 Å². The lowest BCUT2D eigenvalue weighted by atomic mass is 9.71. The van der Waals surface area contributed by atoms with E-state index in [1.165, 1.54) is 0 Å².